The molecule has 1 aromatic carbocycles. The van der Waals surface area contributed by atoms with E-state index in [1.54, 1.807) is 0 Å². The first-order valence-electron chi connectivity index (χ1n) is 9.07. The Labute approximate surface area is 148 Å². The molecule has 24 heavy (non-hydrogen) atoms. The van der Waals surface area contributed by atoms with Crippen molar-refractivity contribution >= 4 is 28.4 Å². The van der Waals surface area contributed by atoms with Gasteiger partial charge >= 0.3 is 0 Å². The minimum absolute atomic E-state index is 0.125. The van der Waals surface area contributed by atoms with Crippen LogP contribution in [-0.2, 0) is 12.8 Å². The molecule has 4 rings (SSSR count). The number of benzene rings is 1. The van der Waals surface area contributed by atoms with Gasteiger partial charge in [-0.15, -0.1) is 0 Å². The highest BCUT2D eigenvalue weighted by Crippen LogP contribution is 2.33. The van der Waals surface area contributed by atoms with Gasteiger partial charge in [-0.05, 0) is 69.6 Å². The van der Waals surface area contributed by atoms with E-state index in [0.717, 1.165) is 59.4 Å². The lowest BCUT2D eigenvalue weighted by Crippen LogP contribution is -2.42. The number of carbonyl (C=O) groups is 1. The summed E-state index contributed by atoms with van der Waals surface area (Å²) in [7, 11) is 0. The SMILES string of the molecule is C[C@H]1CCCCN1C(=O)c1ccc2c(Cl)c3c(nc2c1)CCCC3. The molecule has 126 valence electrons. The minimum atomic E-state index is 0.125. The number of aryl methyl sites for hydroxylation is 1. The molecule has 0 N–H and O–H groups in total. The molecule has 1 saturated heterocycles. The fraction of sp³-hybridized carbons (Fsp3) is 0.500. The van der Waals surface area contributed by atoms with E-state index in [0.29, 0.717) is 6.04 Å². The Morgan fingerprint density at radius 1 is 1.21 bits per heavy atom. The van der Waals surface area contributed by atoms with Crippen LogP contribution in [0.15, 0.2) is 18.2 Å². The van der Waals surface area contributed by atoms with Crippen molar-refractivity contribution in [2.45, 2.75) is 57.9 Å². The molecule has 1 amide bonds. The Kier molecular flexibility index (Phi) is 4.21. The van der Waals surface area contributed by atoms with Gasteiger partial charge in [-0.1, -0.05) is 17.7 Å². The number of carbonyl (C=O) groups excluding carboxylic acids is 1. The Morgan fingerprint density at radius 3 is 2.88 bits per heavy atom. The molecule has 3 nitrogen and oxygen atoms in total. The van der Waals surface area contributed by atoms with Crippen molar-refractivity contribution in [3.8, 4) is 0 Å². The second-order valence-corrected chi connectivity index (χ2v) is 7.51. The number of rotatable bonds is 1. The molecule has 4 heteroatoms. The molecule has 1 aliphatic carbocycles. The number of likely N-dealkylation sites (tertiary alicyclic amines) is 1. The van der Waals surface area contributed by atoms with Crippen molar-refractivity contribution in [3.63, 3.8) is 0 Å². The maximum Gasteiger partial charge on any atom is 0.254 e. The fourth-order valence-electron chi connectivity index (χ4n) is 4.07. The average molecular weight is 343 g/mol. The third-order valence-corrected chi connectivity index (χ3v) is 5.94. The van der Waals surface area contributed by atoms with Crippen LogP contribution in [0.3, 0.4) is 0 Å². The van der Waals surface area contributed by atoms with Gasteiger partial charge < -0.3 is 4.90 Å². The summed E-state index contributed by atoms with van der Waals surface area (Å²) in [6.45, 7) is 3.00. The van der Waals surface area contributed by atoms with Crippen molar-refractivity contribution in [1.82, 2.24) is 9.88 Å². The minimum Gasteiger partial charge on any atom is -0.336 e. The molecule has 0 unspecified atom stereocenters. The summed E-state index contributed by atoms with van der Waals surface area (Å²) in [6, 6.07) is 6.14. The number of pyridine rings is 1. The molecule has 2 aromatic rings. The number of hydrogen-bond acceptors (Lipinski definition) is 2. The Morgan fingerprint density at radius 2 is 2.04 bits per heavy atom. The van der Waals surface area contributed by atoms with E-state index in [1.165, 1.54) is 24.8 Å². The number of nitrogens with zero attached hydrogens (tertiary/aromatic N) is 2. The van der Waals surface area contributed by atoms with Crippen LogP contribution in [0.25, 0.3) is 10.9 Å². The van der Waals surface area contributed by atoms with Crippen LogP contribution in [0.4, 0.5) is 0 Å². The van der Waals surface area contributed by atoms with Crippen molar-refractivity contribution in [2.24, 2.45) is 0 Å². The molecular formula is C20H23ClN2O. The number of piperidine rings is 1. The molecule has 2 heterocycles. The third-order valence-electron chi connectivity index (χ3n) is 5.50. The van der Waals surface area contributed by atoms with E-state index in [4.69, 9.17) is 16.6 Å². The summed E-state index contributed by atoms with van der Waals surface area (Å²) in [5.74, 6) is 0.125. The van der Waals surface area contributed by atoms with Crippen molar-refractivity contribution in [1.29, 1.82) is 0 Å². The van der Waals surface area contributed by atoms with Gasteiger partial charge in [0.25, 0.3) is 5.91 Å². The van der Waals surface area contributed by atoms with Crippen LogP contribution in [-0.4, -0.2) is 28.4 Å². The van der Waals surface area contributed by atoms with Gasteiger partial charge in [-0.2, -0.15) is 0 Å². The van der Waals surface area contributed by atoms with Gasteiger partial charge in [0.05, 0.1) is 10.5 Å². The first kappa shape index (κ1) is 15.9. The zero-order valence-corrected chi connectivity index (χ0v) is 14.9. The summed E-state index contributed by atoms with van der Waals surface area (Å²) < 4.78 is 0. The second-order valence-electron chi connectivity index (χ2n) is 7.13. The Hall–Kier alpha value is -1.61. The summed E-state index contributed by atoms with van der Waals surface area (Å²) in [5.41, 5.74) is 3.92. The lowest BCUT2D eigenvalue weighted by atomic mass is 9.94. The molecule has 0 bridgehead atoms. The maximum absolute atomic E-state index is 12.9. The average Bonchev–Trinajstić information content (AvgIpc) is 2.61. The summed E-state index contributed by atoms with van der Waals surface area (Å²) in [5, 5.41) is 1.81. The molecule has 0 saturated carbocycles. The number of fused-ring (bicyclic) bond motifs is 2. The number of aromatic nitrogens is 1. The standard InChI is InChI=1S/C20H23ClN2O/c1-13-6-4-5-11-23(13)20(24)14-9-10-16-18(12-14)22-17-8-3-2-7-15(17)19(16)21/h9-10,12-13H,2-8,11H2,1H3/t13-/m0/s1. The van der Waals surface area contributed by atoms with Gasteiger partial charge in [0.2, 0.25) is 0 Å². The molecule has 1 atom stereocenters. The maximum atomic E-state index is 12.9. The van der Waals surface area contributed by atoms with Crippen LogP contribution < -0.4 is 0 Å². The Balaban J connectivity index is 1.74. The summed E-state index contributed by atoms with van der Waals surface area (Å²) in [6.07, 6.45) is 7.77. The van der Waals surface area contributed by atoms with Gasteiger partial charge in [0, 0.05) is 29.2 Å². The quantitative estimate of drug-likeness (QED) is 0.747. The van der Waals surface area contributed by atoms with Crippen LogP contribution >= 0.6 is 11.6 Å². The first-order valence-corrected chi connectivity index (χ1v) is 9.45. The highest BCUT2D eigenvalue weighted by atomic mass is 35.5. The van der Waals surface area contributed by atoms with Gasteiger partial charge in [0.15, 0.2) is 0 Å². The smallest absolute Gasteiger partial charge is 0.254 e. The molecule has 1 fully saturated rings. The number of halogens is 1. The van der Waals surface area contributed by atoms with Crippen molar-refractivity contribution < 1.29 is 4.79 Å². The molecule has 1 aliphatic heterocycles. The van der Waals surface area contributed by atoms with Crippen LogP contribution in [0, 0.1) is 0 Å². The van der Waals surface area contributed by atoms with E-state index in [-0.39, 0.29) is 5.91 Å². The molecular weight excluding hydrogens is 320 g/mol. The van der Waals surface area contributed by atoms with E-state index >= 15 is 0 Å². The van der Waals surface area contributed by atoms with Crippen LogP contribution in [0.1, 0.15) is 60.6 Å². The zero-order valence-electron chi connectivity index (χ0n) is 14.1. The van der Waals surface area contributed by atoms with Crippen LogP contribution in [0.5, 0.6) is 0 Å². The fourth-order valence-corrected chi connectivity index (χ4v) is 4.43. The zero-order chi connectivity index (χ0) is 16.7. The van der Waals surface area contributed by atoms with E-state index in [2.05, 4.69) is 6.92 Å². The summed E-state index contributed by atoms with van der Waals surface area (Å²) in [4.78, 5) is 19.7. The molecule has 0 radical (unpaired) electrons. The predicted octanol–water partition coefficient (Wildman–Crippen LogP) is 4.78. The topological polar surface area (TPSA) is 33.2 Å². The highest BCUT2D eigenvalue weighted by molar-refractivity contribution is 6.36. The predicted molar refractivity (Wildman–Crippen MR) is 97.7 cm³/mol. The lowest BCUT2D eigenvalue weighted by Gasteiger charge is -2.33. The van der Waals surface area contributed by atoms with Gasteiger partial charge in [0.1, 0.15) is 0 Å². The molecule has 2 aliphatic rings. The van der Waals surface area contributed by atoms with Crippen molar-refractivity contribution in [3.05, 3.63) is 40.0 Å². The monoisotopic (exact) mass is 342 g/mol. The number of hydrogen-bond donors (Lipinski definition) is 0. The lowest BCUT2D eigenvalue weighted by molar-refractivity contribution is 0.0636. The third kappa shape index (κ3) is 2.69. The number of amides is 1. The second kappa shape index (κ2) is 6.36. The normalized spacial score (nSPS) is 20.9. The molecule has 0 spiro atoms. The van der Waals surface area contributed by atoms with Gasteiger partial charge in [-0.3, -0.25) is 9.78 Å². The van der Waals surface area contributed by atoms with Gasteiger partial charge in [-0.25, -0.2) is 0 Å². The van der Waals surface area contributed by atoms with E-state index in [1.807, 2.05) is 23.1 Å². The first-order chi connectivity index (χ1) is 11.6. The highest BCUT2D eigenvalue weighted by Gasteiger charge is 2.25. The van der Waals surface area contributed by atoms with Crippen LogP contribution in [0.2, 0.25) is 5.02 Å². The Bertz CT molecular complexity index is 802. The van der Waals surface area contributed by atoms with E-state index < -0.39 is 0 Å². The van der Waals surface area contributed by atoms with Crippen molar-refractivity contribution in [2.75, 3.05) is 6.54 Å². The largest absolute Gasteiger partial charge is 0.336 e. The molecule has 1 aromatic heterocycles. The summed E-state index contributed by atoms with van der Waals surface area (Å²) >= 11 is 6.63. The van der Waals surface area contributed by atoms with E-state index in [9.17, 15) is 4.79 Å².